The van der Waals surface area contributed by atoms with Crippen molar-refractivity contribution in [2.45, 2.75) is 38.5 Å². The quantitative estimate of drug-likeness (QED) is 0.551. The summed E-state index contributed by atoms with van der Waals surface area (Å²) in [5, 5.41) is 2.92. The standard InChI is InChI=1S/C13H23NO4/c1-17-12(15)7-3-2-4-8-14-13(16)11-6-5-9-18-10-11/h11H,2-10H2,1H3,(H,14,16). The summed E-state index contributed by atoms with van der Waals surface area (Å²) < 4.78 is 9.83. The molecule has 0 aliphatic carbocycles. The number of methoxy groups -OCH3 is 1. The third-order valence-corrected chi connectivity index (χ3v) is 3.12. The van der Waals surface area contributed by atoms with E-state index in [0.717, 1.165) is 38.7 Å². The van der Waals surface area contributed by atoms with Gasteiger partial charge in [-0.05, 0) is 25.7 Å². The Morgan fingerprint density at radius 1 is 1.33 bits per heavy atom. The van der Waals surface area contributed by atoms with Crippen LogP contribution in [0.2, 0.25) is 0 Å². The molecule has 1 N–H and O–H groups in total. The van der Waals surface area contributed by atoms with Crippen LogP contribution in [-0.4, -0.2) is 38.7 Å². The van der Waals surface area contributed by atoms with Crippen LogP contribution < -0.4 is 5.32 Å². The number of amides is 1. The van der Waals surface area contributed by atoms with E-state index in [1.54, 1.807) is 0 Å². The predicted octanol–water partition coefficient (Wildman–Crippen LogP) is 1.26. The van der Waals surface area contributed by atoms with Crippen molar-refractivity contribution in [3.63, 3.8) is 0 Å². The van der Waals surface area contributed by atoms with Crippen LogP contribution in [0.3, 0.4) is 0 Å². The first-order valence-corrected chi connectivity index (χ1v) is 6.66. The van der Waals surface area contributed by atoms with Crippen LogP contribution in [0.25, 0.3) is 0 Å². The van der Waals surface area contributed by atoms with E-state index in [-0.39, 0.29) is 17.8 Å². The van der Waals surface area contributed by atoms with E-state index in [2.05, 4.69) is 10.1 Å². The van der Waals surface area contributed by atoms with Gasteiger partial charge in [0.15, 0.2) is 0 Å². The molecule has 5 heteroatoms. The molecule has 0 saturated carbocycles. The van der Waals surface area contributed by atoms with Gasteiger partial charge in [0.1, 0.15) is 0 Å². The number of nitrogens with one attached hydrogen (secondary N) is 1. The zero-order valence-corrected chi connectivity index (χ0v) is 11.1. The number of esters is 1. The Balaban J connectivity index is 1.96. The average Bonchev–Trinajstić information content (AvgIpc) is 2.43. The summed E-state index contributed by atoms with van der Waals surface area (Å²) in [6, 6.07) is 0. The van der Waals surface area contributed by atoms with Crippen molar-refractivity contribution < 1.29 is 19.1 Å². The maximum atomic E-state index is 11.7. The van der Waals surface area contributed by atoms with Crippen LogP contribution in [-0.2, 0) is 19.1 Å². The SMILES string of the molecule is COC(=O)CCCCCNC(=O)C1CCCOC1. The Bertz CT molecular complexity index is 262. The fourth-order valence-electron chi connectivity index (χ4n) is 1.98. The van der Waals surface area contributed by atoms with Crippen molar-refractivity contribution in [3.05, 3.63) is 0 Å². The van der Waals surface area contributed by atoms with Crippen LogP contribution in [0.15, 0.2) is 0 Å². The first kappa shape index (κ1) is 15.0. The van der Waals surface area contributed by atoms with Crippen molar-refractivity contribution in [2.24, 2.45) is 5.92 Å². The summed E-state index contributed by atoms with van der Waals surface area (Å²) in [4.78, 5) is 22.6. The van der Waals surface area contributed by atoms with Gasteiger partial charge in [-0.2, -0.15) is 0 Å². The second-order valence-corrected chi connectivity index (χ2v) is 4.59. The Morgan fingerprint density at radius 2 is 2.17 bits per heavy atom. The van der Waals surface area contributed by atoms with Crippen molar-refractivity contribution in [1.29, 1.82) is 0 Å². The Kier molecular flexibility index (Phi) is 7.41. The molecule has 1 rings (SSSR count). The van der Waals surface area contributed by atoms with Gasteiger partial charge >= 0.3 is 5.97 Å². The summed E-state index contributed by atoms with van der Waals surface area (Å²) >= 11 is 0. The van der Waals surface area contributed by atoms with Gasteiger partial charge in [-0.3, -0.25) is 9.59 Å². The fourth-order valence-corrected chi connectivity index (χ4v) is 1.98. The smallest absolute Gasteiger partial charge is 0.305 e. The first-order valence-electron chi connectivity index (χ1n) is 6.66. The lowest BCUT2D eigenvalue weighted by atomic mass is 10.0. The normalized spacial score (nSPS) is 19.3. The van der Waals surface area contributed by atoms with E-state index in [1.165, 1.54) is 7.11 Å². The maximum Gasteiger partial charge on any atom is 0.305 e. The number of ether oxygens (including phenoxy) is 2. The highest BCUT2D eigenvalue weighted by Crippen LogP contribution is 2.13. The van der Waals surface area contributed by atoms with Crippen LogP contribution in [0.4, 0.5) is 0 Å². The minimum absolute atomic E-state index is 0.0221. The molecule has 1 saturated heterocycles. The number of hydrogen-bond donors (Lipinski definition) is 1. The molecule has 1 fully saturated rings. The first-order chi connectivity index (χ1) is 8.74. The maximum absolute atomic E-state index is 11.7. The summed E-state index contributed by atoms with van der Waals surface area (Å²) in [7, 11) is 1.40. The van der Waals surface area contributed by atoms with Crippen molar-refractivity contribution in [1.82, 2.24) is 5.32 Å². The van der Waals surface area contributed by atoms with Crippen LogP contribution in [0.1, 0.15) is 38.5 Å². The van der Waals surface area contributed by atoms with Crippen molar-refractivity contribution in [2.75, 3.05) is 26.9 Å². The highest BCUT2D eigenvalue weighted by atomic mass is 16.5. The molecule has 1 heterocycles. The molecule has 1 aliphatic heterocycles. The number of carbonyl (C=O) groups is 2. The topological polar surface area (TPSA) is 64.6 Å². The zero-order chi connectivity index (χ0) is 13.2. The lowest BCUT2D eigenvalue weighted by Crippen LogP contribution is -2.36. The Hall–Kier alpha value is -1.10. The molecule has 0 spiro atoms. The number of hydrogen-bond acceptors (Lipinski definition) is 4. The highest BCUT2D eigenvalue weighted by molar-refractivity contribution is 5.78. The van der Waals surface area contributed by atoms with Gasteiger partial charge in [-0.25, -0.2) is 0 Å². The Labute approximate surface area is 108 Å². The molecule has 0 aromatic heterocycles. The van der Waals surface area contributed by atoms with E-state index in [0.29, 0.717) is 19.6 Å². The van der Waals surface area contributed by atoms with Crippen LogP contribution in [0.5, 0.6) is 0 Å². The summed E-state index contributed by atoms with van der Waals surface area (Å²) in [5.41, 5.74) is 0. The van der Waals surface area contributed by atoms with Crippen LogP contribution >= 0.6 is 0 Å². The summed E-state index contributed by atoms with van der Waals surface area (Å²) in [5.74, 6) is -0.0464. The van der Waals surface area contributed by atoms with E-state index >= 15 is 0 Å². The molecule has 0 aromatic carbocycles. The van der Waals surface area contributed by atoms with Gasteiger partial charge < -0.3 is 14.8 Å². The number of carbonyl (C=O) groups excluding carboxylic acids is 2. The van der Waals surface area contributed by atoms with E-state index < -0.39 is 0 Å². The highest BCUT2D eigenvalue weighted by Gasteiger charge is 2.20. The lowest BCUT2D eigenvalue weighted by Gasteiger charge is -2.21. The molecule has 18 heavy (non-hydrogen) atoms. The van der Waals surface area contributed by atoms with Gasteiger partial charge in [0.2, 0.25) is 5.91 Å². The summed E-state index contributed by atoms with van der Waals surface area (Å²) in [6.07, 6.45) is 4.99. The van der Waals surface area contributed by atoms with Gasteiger partial charge in [-0.1, -0.05) is 6.42 Å². The number of unbranched alkanes of at least 4 members (excludes halogenated alkanes) is 2. The summed E-state index contributed by atoms with van der Waals surface area (Å²) in [6.45, 7) is 2.00. The fraction of sp³-hybridized carbons (Fsp3) is 0.846. The molecule has 1 atom stereocenters. The molecule has 5 nitrogen and oxygen atoms in total. The molecule has 0 radical (unpaired) electrons. The second-order valence-electron chi connectivity index (χ2n) is 4.59. The van der Waals surface area contributed by atoms with Gasteiger partial charge in [-0.15, -0.1) is 0 Å². The molecule has 0 aromatic rings. The third-order valence-electron chi connectivity index (χ3n) is 3.12. The third kappa shape index (κ3) is 6.00. The molecular weight excluding hydrogens is 234 g/mol. The molecule has 104 valence electrons. The van der Waals surface area contributed by atoms with E-state index in [1.807, 2.05) is 0 Å². The average molecular weight is 257 g/mol. The molecular formula is C13H23NO4. The number of rotatable bonds is 7. The minimum Gasteiger partial charge on any atom is -0.469 e. The molecule has 1 amide bonds. The van der Waals surface area contributed by atoms with Gasteiger partial charge in [0, 0.05) is 19.6 Å². The van der Waals surface area contributed by atoms with Crippen molar-refractivity contribution >= 4 is 11.9 Å². The molecule has 1 aliphatic rings. The van der Waals surface area contributed by atoms with E-state index in [4.69, 9.17) is 4.74 Å². The monoisotopic (exact) mass is 257 g/mol. The minimum atomic E-state index is -0.168. The van der Waals surface area contributed by atoms with Gasteiger partial charge in [0.05, 0.1) is 19.6 Å². The molecule has 0 bridgehead atoms. The van der Waals surface area contributed by atoms with Crippen molar-refractivity contribution in [3.8, 4) is 0 Å². The predicted molar refractivity (Wildman–Crippen MR) is 67.0 cm³/mol. The molecule has 1 unspecified atom stereocenters. The Morgan fingerprint density at radius 3 is 2.83 bits per heavy atom. The lowest BCUT2D eigenvalue weighted by molar-refractivity contribution is -0.140. The largest absolute Gasteiger partial charge is 0.469 e. The van der Waals surface area contributed by atoms with E-state index in [9.17, 15) is 9.59 Å². The second kappa shape index (κ2) is 8.91. The van der Waals surface area contributed by atoms with Crippen LogP contribution in [0, 0.1) is 5.92 Å². The van der Waals surface area contributed by atoms with Gasteiger partial charge in [0.25, 0.3) is 0 Å². The zero-order valence-electron chi connectivity index (χ0n) is 11.1.